The number of nitrogens with zero attached hydrogens (tertiary/aromatic N) is 5. The minimum Gasteiger partial charge on any atom is -0.447 e. The van der Waals surface area contributed by atoms with Crippen LogP contribution in [0.2, 0.25) is 0 Å². The highest BCUT2D eigenvalue weighted by atomic mass is 32.1. The molecule has 0 aliphatic rings. The molecule has 0 aliphatic heterocycles. The number of benzene rings is 1. The van der Waals surface area contributed by atoms with Crippen LogP contribution < -0.4 is 5.32 Å². The van der Waals surface area contributed by atoms with E-state index in [1.54, 1.807) is 36.7 Å². The lowest BCUT2D eigenvalue weighted by atomic mass is 10.1. The van der Waals surface area contributed by atoms with E-state index < -0.39 is 17.5 Å². The van der Waals surface area contributed by atoms with E-state index in [4.69, 9.17) is 4.42 Å². The number of halogens is 3. The van der Waals surface area contributed by atoms with Crippen molar-refractivity contribution in [2.45, 2.75) is 18.7 Å². The molecule has 5 rings (SSSR count). The van der Waals surface area contributed by atoms with Crippen molar-refractivity contribution in [3.05, 3.63) is 70.6 Å². The molecule has 8 nitrogen and oxygen atoms in total. The monoisotopic (exact) mass is 510 g/mol. The van der Waals surface area contributed by atoms with Gasteiger partial charge in [0.15, 0.2) is 17.2 Å². The number of hydrogen-bond donors (Lipinski definition) is 2. The highest BCUT2D eigenvalue weighted by Crippen LogP contribution is 2.32. The number of hydrogen-bond acceptors (Lipinski definition) is 8. The van der Waals surface area contributed by atoms with Gasteiger partial charge in [0.05, 0.1) is 5.69 Å². The maximum absolute atomic E-state index is 13.1. The van der Waals surface area contributed by atoms with Gasteiger partial charge < -0.3 is 14.8 Å². The average molecular weight is 511 g/mol. The zero-order valence-corrected chi connectivity index (χ0v) is 19.6. The third-order valence-electron chi connectivity index (χ3n) is 5.16. The number of aromatic nitrogens is 5. The lowest BCUT2D eigenvalue weighted by Crippen LogP contribution is -2.17. The number of rotatable bonds is 4. The SMILES string of the molecule is Cn1nc(Nc2nccc(-c3cccc4cc(C#CC(C)(O)c5nccs5)oc34)n2)cc1C(F)(F)F. The van der Waals surface area contributed by atoms with E-state index in [2.05, 4.69) is 37.2 Å². The molecule has 0 saturated carbocycles. The molecule has 0 saturated heterocycles. The minimum absolute atomic E-state index is 0.0389. The smallest absolute Gasteiger partial charge is 0.433 e. The van der Waals surface area contributed by atoms with Gasteiger partial charge in [-0.25, -0.2) is 15.0 Å². The summed E-state index contributed by atoms with van der Waals surface area (Å²) < 4.78 is 45.9. The Morgan fingerprint density at radius 2 is 1.97 bits per heavy atom. The fourth-order valence-electron chi connectivity index (χ4n) is 3.50. The average Bonchev–Trinajstić information content (AvgIpc) is 3.57. The van der Waals surface area contributed by atoms with E-state index in [9.17, 15) is 18.3 Å². The summed E-state index contributed by atoms with van der Waals surface area (Å²) in [6.07, 6.45) is -1.46. The van der Waals surface area contributed by atoms with Crippen LogP contribution in [0.5, 0.6) is 0 Å². The standard InChI is InChI=1S/C24H17F3N6O2S/c1-23(34,21-28-10-11-36-21)8-6-15-12-14-4-3-5-16(20(14)35-15)17-7-9-29-22(30-17)31-19-13-18(24(25,26)27)33(2)32-19/h3-5,7,9-13,34H,1-2H3,(H,29,30,31,32). The molecule has 1 unspecified atom stereocenters. The molecule has 2 N–H and O–H groups in total. The van der Waals surface area contributed by atoms with Crippen LogP contribution in [-0.4, -0.2) is 29.8 Å². The fourth-order valence-corrected chi connectivity index (χ4v) is 4.16. The first kappa shape index (κ1) is 23.5. The zero-order chi connectivity index (χ0) is 25.5. The summed E-state index contributed by atoms with van der Waals surface area (Å²) >= 11 is 1.30. The topological polar surface area (TPSA) is 102 Å². The van der Waals surface area contributed by atoms with Crippen molar-refractivity contribution in [1.82, 2.24) is 24.7 Å². The predicted octanol–water partition coefficient (Wildman–Crippen LogP) is 5.10. The molecule has 5 aromatic rings. The Morgan fingerprint density at radius 3 is 2.69 bits per heavy atom. The van der Waals surface area contributed by atoms with E-state index >= 15 is 0 Å². The second kappa shape index (κ2) is 8.78. The van der Waals surface area contributed by atoms with Crippen LogP contribution in [-0.2, 0) is 18.8 Å². The minimum atomic E-state index is -4.53. The molecule has 36 heavy (non-hydrogen) atoms. The van der Waals surface area contributed by atoms with Gasteiger partial charge in [-0.05, 0) is 25.0 Å². The number of para-hydroxylation sites is 1. The van der Waals surface area contributed by atoms with Crippen molar-refractivity contribution in [2.24, 2.45) is 7.05 Å². The van der Waals surface area contributed by atoms with Gasteiger partial charge >= 0.3 is 6.18 Å². The third-order valence-corrected chi connectivity index (χ3v) is 6.15. The van der Waals surface area contributed by atoms with Gasteiger partial charge in [-0.2, -0.15) is 18.3 Å². The summed E-state index contributed by atoms with van der Waals surface area (Å²) in [5.74, 6) is 6.02. The summed E-state index contributed by atoms with van der Waals surface area (Å²) in [6, 6.07) is 9.74. The molecule has 0 fully saturated rings. The Hall–Kier alpha value is -4.21. The Morgan fingerprint density at radius 1 is 1.14 bits per heavy atom. The maximum atomic E-state index is 13.1. The van der Waals surface area contributed by atoms with Crippen LogP contribution in [0.1, 0.15) is 23.4 Å². The van der Waals surface area contributed by atoms with Gasteiger partial charge in [0.1, 0.15) is 16.3 Å². The normalized spacial score (nSPS) is 13.3. The molecule has 0 amide bonds. The quantitative estimate of drug-likeness (QED) is 0.324. The first-order valence-corrected chi connectivity index (χ1v) is 11.4. The summed E-state index contributed by atoms with van der Waals surface area (Å²) in [5, 5.41) is 20.1. The second-order valence-electron chi connectivity index (χ2n) is 7.92. The van der Waals surface area contributed by atoms with Crippen LogP contribution in [0.4, 0.5) is 24.9 Å². The summed E-state index contributed by atoms with van der Waals surface area (Å²) in [7, 11) is 1.21. The molecule has 182 valence electrons. The van der Waals surface area contributed by atoms with Crippen molar-refractivity contribution in [1.29, 1.82) is 0 Å². The predicted molar refractivity (Wildman–Crippen MR) is 127 cm³/mol. The summed E-state index contributed by atoms with van der Waals surface area (Å²) in [5.41, 5.74) is -0.703. The van der Waals surface area contributed by atoms with Gasteiger partial charge in [0.2, 0.25) is 5.95 Å². The van der Waals surface area contributed by atoms with Crippen LogP contribution >= 0.6 is 11.3 Å². The van der Waals surface area contributed by atoms with E-state index in [-0.39, 0.29) is 11.8 Å². The first-order valence-electron chi connectivity index (χ1n) is 10.5. The number of fused-ring (bicyclic) bond motifs is 1. The molecule has 1 atom stereocenters. The van der Waals surface area contributed by atoms with Gasteiger partial charge in [0, 0.05) is 47.9 Å². The lowest BCUT2D eigenvalue weighted by Gasteiger charge is -2.11. The Bertz CT molecular complexity index is 1610. The second-order valence-corrected chi connectivity index (χ2v) is 8.82. The van der Waals surface area contributed by atoms with Crippen molar-refractivity contribution >= 4 is 34.1 Å². The Balaban J connectivity index is 1.45. The van der Waals surface area contributed by atoms with E-state index in [1.807, 2.05) is 12.1 Å². The summed E-state index contributed by atoms with van der Waals surface area (Å²) in [4.78, 5) is 12.6. The third kappa shape index (κ3) is 4.66. The largest absolute Gasteiger partial charge is 0.447 e. The number of aryl methyl sites for hydroxylation is 1. The molecular weight excluding hydrogens is 493 g/mol. The van der Waals surface area contributed by atoms with E-state index in [0.717, 1.165) is 16.1 Å². The Kier molecular flexibility index (Phi) is 5.74. The maximum Gasteiger partial charge on any atom is 0.433 e. The Labute approximate surface area is 206 Å². The number of anilines is 2. The zero-order valence-electron chi connectivity index (χ0n) is 18.8. The number of thiazole rings is 1. The van der Waals surface area contributed by atoms with E-state index in [1.165, 1.54) is 24.6 Å². The fraction of sp³-hybridized carbons (Fsp3) is 0.167. The number of aliphatic hydroxyl groups is 1. The molecule has 4 aromatic heterocycles. The van der Waals surface area contributed by atoms with Gasteiger partial charge in [-0.3, -0.25) is 4.68 Å². The van der Waals surface area contributed by atoms with Crippen LogP contribution in [0, 0.1) is 11.8 Å². The number of furan rings is 1. The number of nitrogens with one attached hydrogen (secondary N) is 1. The molecular formula is C24H17F3N6O2S. The van der Waals surface area contributed by atoms with Gasteiger partial charge in [-0.1, -0.05) is 18.1 Å². The van der Waals surface area contributed by atoms with Crippen LogP contribution in [0.25, 0.3) is 22.2 Å². The van der Waals surface area contributed by atoms with Crippen molar-refractivity contribution in [2.75, 3.05) is 5.32 Å². The molecule has 0 bridgehead atoms. The highest BCUT2D eigenvalue weighted by molar-refractivity contribution is 7.09. The molecule has 0 aliphatic carbocycles. The number of alkyl halides is 3. The van der Waals surface area contributed by atoms with E-state index in [0.29, 0.717) is 27.6 Å². The highest BCUT2D eigenvalue weighted by Gasteiger charge is 2.35. The molecule has 0 radical (unpaired) electrons. The molecule has 12 heteroatoms. The molecule has 1 aromatic carbocycles. The molecule has 0 spiro atoms. The van der Waals surface area contributed by atoms with Crippen molar-refractivity contribution < 1.29 is 22.7 Å². The summed E-state index contributed by atoms with van der Waals surface area (Å²) in [6.45, 7) is 1.56. The van der Waals surface area contributed by atoms with Crippen LogP contribution in [0.3, 0.4) is 0 Å². The van der Waals surface area contributed by atoms with Crippen LogP contribution in [0.15, 0.2) is 58.6 Å². The van der Waals surface area contributed by atoms with Gasteiger partial charge in [0.25, 0.3) is 0 Å². The van der Waals surface area contributed by atoms with Crippen molar-refractivity contribution in [3.8, 4) is 23.1 Å². The first-order chi connectivity index (χ1) is 17.1. The van der Waals surface area contributed by atoms with Crippen molar-refractivity contribution in [3.63, 3.8) is 0 Å². The lowest BCUT2D eigenvalue weighted by molar-refractivity contribution is -0.143. The van der Waals surface area contributed by atoms with Gasteiger partial charge in [-0.15, -0.1) is 11.3 Å². The molecule has 4 heterocycles.